The molecule has 0 fully saturated rings. The van der Waals surface area contributed by atoms with Crippen molar-refractivity contribution in [2.75, 3.05) is 7.05 Å². The van der Waals surface area contributed by atoms with E-state index in [2.05, 4.69) is 4.74 Å². The van der Waals surface area contributed by atoms with Crippen molar-refractivity contribution < 1.29 is 22.7 Å². The minimum atomic E-state index is -2.85. The first-order chi connectivity index (χ1) is 12.8. The fourth-order valence-electron chi connectivity index (χ4n) is 2.91. The molecule has 0 radical (unpaired) electrons. The molecule has 2 aromatic carbocycles. The second-order valence-electron chi connectivity index (χ2n) is 6.64. The molecule has 0 bridgehead atoms. The van der Waals surface area contributed by atoms with Crippen LogP contribution in [0.2, 0.25) is 0 Å². The number of carbonyl (C=O) groups is 1. The van der Waals surface area contributed by atoms with Crippen LogP contribution in [0.5, 0.6) is 5.75 Å². The van der Waals surface area contributed by atoms with Gasteiger partial charge in [-0.2, -0.15) is 8.78 Å². The van der Waals surface area contributed by atoms with Crippen molar-refractivity contribution in [1.29, 1.82) is 0 Å². The van der Waals surface area contributed by atoms with E-state index < -0.39 is 6.61 Å². The molecule has 0 unspecified atom stereocenters. The number of fused-ring (bicyclic) bond motifs is 1. The van der Waals surface area contributed by atoms with E-state index in [1.807, 2.05) is 26.0 Å². The highest BCUT2D eigenvalue weighted by molar-refractivity contribution is 5.88. The van der Waals surface area contributed by atoms with Crippen molar-refractivity contribution in [3.8, 4) is 5.75 Å². The maximum atomic E-state index is 12.6. The molecule has 0 aliphatic heterocycles. The van der Waals surface area contributed by atoms with E-state index in [-0.39, 0.29) is 18.1 Å². The van der Waals surface area contributed by atoms with Gasteiger partial charge in [-0.25, -0.2) is 0 Å². The number of alkyl halides is 2. The molecule has 1 heterocycles. The second-order valence-corrected chi connectivity index (χ2v) is 6.64. The molecule has 0 N–H and O–H groups in total. The summed E-state index contributed by atoms with van der Waals surface area (Å²) in [7, 11) is 1.71. The molecule has 0 saturated heterocycles. The quantitative estimate of drug-likeness (QED) is 0.620. The van der Waals surface area contributed by atoms with Crippen LogP contribution >= 0.6 is 0 Å². The normalized spacial score (nSPS) is 11.2. The van der Waals surface area contributed by atoms with Crippen LogP contribution < -0.4 is 4.74 Å². The Bertz CT molecular complexity index is 948. The Morgan fingerprint density at radius 3 is 2.48 bits per heavy atom. The van der Waals surface area contributed by atoms with Crippen LogP contribution in [-0.2, 0) is 17.8 Å². The summed E-state index contributed by atoms with van der Waals surface area (Å²) >= 11 is 0. The van der Waals surface area contributed by atoms with Crippen LogP contribution in [-0.4, -0.2) is 24.5 Å². The summed E-state index contributed by atoms with van der Waals surface area (Å²) in [5.74, 6) is 0.0436. The monoisotopic (exact) mass is 373 g/mol. The Hall–Kier alpha value is -2.89. The zero-order valence-corrected chi connectivity index (χ0v) is 15.5. The molecule has 142 valence electrons. The first kappa shape index (κ1) is 18.9. The third kappa shape index (κ3) is 4.45. The molecule has 0 atom stereocenters. The number of furan rings is 1. The van der Waals surface area contributed by atoms with Gasteiger partial charge < -0.3 is 14.1 Å². The molecule has 0 aliphatic carbocycles. The van der Waals surface area contributed by atoms with Crippen LogP contribution in [0.4, 0.5) is 8.78 Å². The van der Waals surface area contributed by atoms with Crippen LogP contribution in [0.1, 0.15) is 22.3 Å². The fourth-order valence-corrected chi connectivity index (χ4v) is 2.91. The third-order valence-electron chi connectivity index (χ3n) is 4.61. The summed E-state index contributed by atoms with van der Waals surface area (Å²) in [4.78, 5) is 14.2. The molecular weight excluding hydrogens is 352 g/mol. The smallest absolute Gasteiger partial charge is 0.387 e. The van der Waals surface area contributed by atoms with Gasteiger partial charge in [-0.1, -0.05) is 12.1 Å². The van der Waals surface area contributed by atoms with E-state index in [9.17, 15) is 13.6 Å². The highest BCUT2D eigenvalue weighted by Gasteiger charge is 2.15. The summed E-state index contributed by atoms with van der Waals surface area (Å²) < 4.78 is 34.3. The highest BCUT2D eigenvalue weighted by atomic mass is 19.3. The van der Waals surface area contributed by atoms with Crippen molar-refractivity contribution in [3.63, 3.8) is 0 Å². The van der Waals surface area contributed by atoms with E-state index in [1.165, 1.54) is 12.1 Å². The number of ether oxygens (including phenoxy) is 1. The second kappa shape index (κ2) is 7.78. The van der Waals surface area contributed by atoms with Gasteiger partial charge in [-0.3, -0.25) is 4.79 Å². The van der Waals surface area contributed by atoms with Gasteiger partial charge >= 0.3 is 6.61 Å². The maximum Gasteiger partial charge on any atom is 0.387 e. The number of amides is 1. The van der Waals surface area contributed by atoms with Crippen molar-refractivity contribution in [2.24, 2.45) is 0 Å². The lowest BCUT2D eigenvalue weighted by Gasteiger charge is -2.17. The van der Waals surface area contributed by atoms with E-state index >= 15 is 0 Å². The average Bonchev–Trinajstić information content (AvgIpc) is 2.98. The van der Waals surface area contributed by atoms with E-state index in [1.54, 1.807) is 30.3 Å². The lowest BCUT2D eigenvalue weighted by molar-refractivity contribution is -0.129. The Balaban J connectivity index is 1.66. The number of hydrogen-bond donors (Lipinski definition) is 0. The number of aryl methyl sites for hydroxylation is 2. The summed E-state index contributed by atoms with van der Waals surface area (Å²) in [6.45, 7) is 1.58. The van der Waals surface area contributed by atoms with Gasteiger partial charge in [0.25, 0.3) is 0 Å². The standard InChI is InChI=1S/C21H21F2NO3/c1-13-8-18-16(12-26-19(18)9-14(13)2)10-20(25)24(3)11-15-4-6-17(7-5-15)27-21(22)23/h4-9,12,21H,10-11H2,1-3H3. The lowest BCUT2D eigenvalue weighted by Crippen LogP contribution is -2.27. The highest BCUT2D eigenvalue weighted by Crippen LogP contribution is 2.25. The van der Waals surface area contributed by atoms with Gasteiger partial charge in [0, 0.05) is 24.5 Å². The fraction of sp³-hybridized carbons (Fsp3) is 0.286. The lowest BCUT2D eigenvalue weighted by atomic mass is 10.0. The summed E-state index contributed by atoms with van der Waals surface area (Å²) in [6.07, 6.45) is 1.87. The van der Waals surface area contributed by atoms with Crippen LogP contribution in [0.15, 0.2) is 47.1 Å². The maximum absolute atomic E-state index is 12.6. The summed E-state index contributed by atoms with van der Waals surface area (Å²) in [5, 5.41) is 0.952. The van der Waals surface area contributed by atoms with Crippen LogP contribution in [0.25, 0.3) is 11.0 Å². The summed E-state index contributed by atoms with van der Waals surface area (Å²) in [5.41, 5.74) is 4.75. The van der Waals surface area contributed by atoms with E-state index in [0.29, 0.717) is 6.54 Å². The number of benzene rings is 2. The van der Waals surface area contributed by atoms with Crippen molar-refractivity contribution in [3.05, 3.63) is 64.9 Å². The largest absolute Gasteiger partial charge is 0.464 e. The van der Waals surface area contributed by atoms with Gasteiger partial charge in [0.15, 0.2) is 0 Å². The molecular formula is C21H21F2NO3. The SMILES string of the molecule is Cc1cc2occ(CC(=O)N(C)Cc3ccc(OC(F)F)cc3)c2cc1C. The van der Waals surface area contributed by atoms with Crippen molar-refractivity contribution in [2.45, 2.75) is 33.4 Å². The Morgan fingerprint density at radius 2 is 1.81 bits per heavy atom. The zero-order valence-electron chi connectivity index (χ0n) is 15.5. The minimum absolute atomic E-state index is 0.0520. The van der Waals surface area contributed by atoms with Crippen LogP contribution in [0.3, 0.4) is 0 Å². The number of rotatable bonds is 6. The zero-order chi connectivity index (χ0) is 19.6. The molecule has 3 aromatic rings. The van der Waals surface area contributed by atoms with E-state index in [0.717, 1.165) is 33.2 Å². The topological polar surface area (TPSA) is 42.7 Å². The van der Waals surface area contributed by atoms with Crippen molar-refractivity contribution >= 4 is 16.9 Å². The molecule has 0 saturated carbocycles. The van der Waals surface area contributed by atoms with Gasteiger partial charge in [0.05, 0.1) is 12.7 Å². The Kier molecular flexibility index (Phi) is 5.44. The predicted molar refractivity (Wildman–Crippen MR) is 98.9 cm³/mol. The molecule has 6 heteroatoms. The molecule has 3 rings (SSSR count). The molecule has 0 spiro atoms. The van der Waals surface area contributed by atoms with Gasteiger partial charge in [-0.15, -0.1) is 0 Å². The van der Waals surface area contributed by atoms with E-state index in [4.69, 9.17) is 4.42 Å². The molecule has 1 aromatic heterocycles. The van der Waals surface area contributed by atoms with Gasteiger partial charge in [-0.05, 0) is 54.8 Å². The Morgan fingerprint density at radius 1 is 1.15 bits per heavy atom. The number of carbonyl (C=O) groups excluding carboxylic acids is 1. The number of nitrogens with zero attached hydrogens (tertiary/aromatic N) is 1. The molecule has 4 nitrogen and oxygen atoms in total. The third-order valence-corrected chi connectivity index (χ3v) is 4.61. The minimum Gasteiger partial charge on any atom is -0.464 e. The molecule has 1 amide bonds. The average molecular weight is 373 g/mol. The van der Waals surface area contributed by atoms with Crippen LogP contribution in [0, 0.1) is 13.8 Å². The molecule has 27 heavy (non-hydrogen) atoms. The Labute approximate surface area is 156 Å². The number of likely N-dealkylation sites (N-methyl/N-ethyl adjacent to an activating group) is 1. The number of hydrogen-bond acceptors (Lipinski definition) is 3. The predicted octanol–water partition coefficient (Wildman–Crippen LogP) is 4.85. The summed E-state index contributed by atoms with van der Waals surface area (Å²) in [6, 6.07) is 10.3. The first-order valence-corrected chi connectivity index (χ1v) is 8.58. The number of halogens is 2. The van der Waals surface area contributed by atoms with Crippen molar-refractivity contribution in [1.82, 2.24) is 4.90 Å². The van der Waals surface area contributed by atoms with Gasteiger partial charge in [0.2, 0.25) is 5.91 Å². The van der Waals surface area contributed by atoms with Gasteiger partial charge in [0.1, 0.15) is 11.3 Å². The molecule has 0 aliphatic rings. The first-order valence-electron chi connectivity index (χ1n) is 8.58.